The van der Waals surface area contributed by atoms with Gasteiger partial charge in [0.15, 0.2) is 6.79 Å². The lowest BCUT2D eigenvalue weighted by atomic mass is 10.2. The van der Waals surface area contributed by atoms with Crippen LogP contribution in [0.1, 0.15) is 13.8 Å². The van der Waals surface area contributed by atoms with Crippen molar-refractivity contribution in [3.05, 3.63) is 0 Å². The van der Waals surface area contributed by atoms with Crippen molar-refractivity contribution in [3.63, 3.8) is 0 Å². The monoisotopic (exact) mass is 488 g/mol. The summed E-state index contributed by atoms with van der Waals surface area (Å²) in [6.45, 7) is 2.78. The first-order chi connectivity index (χ1) is 13.1. The van der Waals surface area contributed by atoms with Gasteiger partial charge in [0.25, 0.3) is 10.1 Å². The number of carbonyl (C=O) groups is 2. The van der Waals surface area contributed by atoms with Gasteiger partial charge in [0.05, 0.1) is 51.8 Å². The summed E-state index contributed by atoms with van der Waals surface area (Å²) in [7, 11) is 0.406. The number of esters is 2. The maximum Gasteiger partial charge on any atom is 0.310 e. The Morgan fingerprint density at radius 2 is 1.24 bits per heavy atom. The minimum Gasteiger partial charge on any atom is -0.469 e. The standard InChI is InChI=1S/C7H14O6S.C6H12O4.CH3ClO2S/c1-6(7(8)11-2)4-12-5-13-14(3,9)10;1-5(3-10-4-7)6(8)9-2;1-5(2,3)4/h6H,4-5H2,1-3H3;5,7H,3-4H2,1-2H3;1H3. The van der Waals surface area contributed by atoms with E-state index in [4.69, 9.17) is 9.84 Å². The molecule has 0 bridgehead atoms. The Kier molecular flexibility index (Phi) is 20.0. The van der Waals surface area contributed by atoms with E-state index in [1.807, 2.05) is 0 Å². The summed E-state index contributed by atoms with van der Waals surface area (Å²) in [6, 6.07) is 0. The molecule has 0 fully saturated rings. The SMILES string of the molecule is COC(=O)C(C)COCO.COC(=O)C(C)COCOS(C)(=O)=O.CS(=O)(=O)Cl. The highest BCUT2D eigenvalue weighted by Crippen LogP contribution is 1.99. The zero-order chi connectivity index (χ0) is 23.7. The van der Waals surface area contributed by atoms with E-state index < -0.39 is 31.1 Å². The Bertz CT molecular complexity index is 640. The van der Waals surface area contributed by atoms with E-state index in [0.717, 1.165) is 12.5 Å². The zero-order valence-electron chi connectivity index (χ0n) is 17.1. The summed E-state index contributed by atoms with van der Waals surface area (Å²) in [5.41, 5.74) is 0. The lowest BCUT2D eigenvalue weighted by Gasteiger charge is -2.08. The molecule has 0 saturated heterocycles. The van der Waals surface area contributed by atoms with Gasteiger partial charge in [0.1, 0.15) is 6.79 Å². The van der Waals surface area contributed by atoms with Gasteiger partial charge in [0, 0.05) is 10.7 Å². The van der Waals surface area contributed by atoms with Crippen LogP contribution in [0.5, 0.6) is 0 Å². The summed E-state index contributed by atoms with van der Waals surface area (Å²) in [5, 5.41) is 8.20. The summed E-state index contributed by atoms with van der Waals surface area (Å²) in [6.07, 6.45) is 1.84. The fourth-order valence-electron chi connectivity index (χ4n) is 1.11. The smallest absolute Gasteiger partial charge is 0.310 e. The molecule has 0 amide bonds. The summed E-state index contributed by atoms with van der Waals surface area (Å²) in [4.78, 5) is 21.5. The van der Waals surface area contributed by atoms with Gasteiger partial charge in [0.2, 0.25) is 9.05 Å². The van der Waals surface area contributed by atoms with Gasteiger partial charge in [-0.15, -0.1) is 0 Å². The van der Waals surface area contributed by atoms with Gasteiger partial charge in [-0.3, -0.25) is 9.59 Å². The molecule has 29 heavy (non-hydrogen) atoms. The minimum absolute atomic E-state index is 0.0577. The number of rotatable bonds is 10. The molecule has 0 aliphatic rings. The Balaban J connectivity index is -0.000000392. The Morgan fingerprint density at radius 1 is 0.897 bits per heavy atom. The topological polar surface area (TPSA) is 169 Å². The molecule has 12 nitrogen and oxygen atoms in total. The third kappa shape index (κ3) is 31.9. The predicted molar refractivity (Wildman–Crippen MR) is 103 cm³/mol. The van der Waals surface area contributed by atoms with Crippen molar-refractivity contribution in [2.45, 2.75) is 13.8 Å². The third-order valence-electron chi connectivity index (χ3n) is 2.38. The Hall–Kier alpha value is -1.03. The first kappa shape index (κ1) is 32.6. The van der Waals surface area contributed by atoms with Crippen LogP contribution in [0.3, 0.4) is 0 Å². The predicted octanol–water partition coefficient (Wildman–Crippen LogP) is -0.307. The minimum atomic E-state index is -3.49. The number of methoxy groups -OCH3 is 2. The molecule has 1 N–H and O–H groups in total. The van der Waals surface area contributed by atoms with E-state index in [9.17, 15) is 26.4 Å². The van der Waals surface area contributed by atoms with Crippen LogP contribution in [0.15, 0.2) is 0 Å². The van der Waals surface area contributed by atoms with Crippen molar-refractivity contribution in [2.75, 3.05) is 53.5 Å². The highest BCUT2D eigenvalue weighted by atomic mass is 35.7. The molecule has 0 spiro atoms. The van der Waals surface area contributed by atoms with Crippen LogP contribution in [-0.4, -0.2) is 87.4 Å². The number of aliphatic hydroxyl groups excluding tert-OH is 1. The van der Waals surface area contributed by atoms with Crippen molar-refractivity contribution < 1.29 is 54.7 Å². The highest BCUT2D eigenvalue weighted by molar-refractivity contribution is 8.13. The van der Waals surface area contributed by atoms with Gasteiger partial charge in [-0.25, -0.2) is 12.6 Å². The normalized spacial score (nSPS) is 13.0. The number of hydrogen-bond donors (Lipinski definition) is 1. The van der Waals surface area contributed by atoms with Crippen LogP contribution >= 0.6 is 10.7 Å². The van der Waals surface area contributed by atoms with Crippen LogP contribution in [0, 0.1) is 11.8 Å². The zero-order valence-corrected chi connectivity index (χ0v) is 19.5. The quantitative estimate of drug-likeness (QED) is 0.140. The average molecular weight is 489 g/mol. The second kappa shape index (κ2) is 17.8. The molecule has 0 aromatic heterocycles. The Labute approximate surface area is 175 Å². The van der Waals surface area contributed by atoms with Crippen molar-refractivity contribution in [1.82, 2.24) is 0 Å². The molecule has 0 heterocycles. The van der Waals surface area contributed by atoms with Crippen LogP contribution in [0.2, 0.25) is 0 Å². The first-order valence-corrected chi connectivity index (χ1v) is 12.3. The van der Waals surface area contributed by atoms with Crippen molar-refractivity contribution >= 4 is 41.8 Å². The average Bonchev–Trinajstić information content (AvgIpc) is 2.59. The summed E-state index contributed by atoms with van der Waals surface area (Å²) >= 11 is 0. The lowest BCUT2D eigenvalue weighted by Crippen LogP contribution is -2.19. The van der Waals surface area contributed by atoms with Crippen LogP contribution in [0.25, 0.3) is 0 Å². The van der Waals surface area contributed by atoms with Gasteiger partial charge in [-0.2, -0.15) is 8.42 Å². The largest absolute Gasteiger partial charge is 0.469 e. The fraction of sp³-hybridized carbons (Fsp3) is 0.857. The molecule has 0 radical (unpaired) electrons. The Morgan fingerprint density at radius 3 is 1.52 bits per heavy atom. The van der Waals surface area contributed by atoms with Crippen LogP contribution < -0.4 is 0 Å². The first-order valence-electron chi connectivity index (χ1n) is 7.75. The number of halogens is 1. The number of ether oxygens (including phenoxy) is 4. The molecule has 0 aromatic rings. The third-order valence-corrected chi connectivity index (χ3v) is 2.90. The molecular formula is C14H29ClO12S2. The molecular weight excluding hydrogens is 460 g/mol. The molecule has 0 aliphatic heterocycles. The van der Waals surface area contributed by atoms with Crippen molar-refractivity contribution in [3.8, 4) is 0 Å². The van der Waals surface area contributed by atoms with Crippen molar-refractivity contribution in [2.24, 2.45) is 11.8 Å². The fourth-order valence-corrected chi connectivity index (χ4v) is 1.36. The van der Waals surface area contributed by atoms with Gasteiger partial charge in [-0.05, 0) is 13.8 Å². The molecule has 2 unspecified atom stereocenters. The second-order valence-corrected chi connectivity index (χ2v) is 10.0. The van der Waals surface area contributed by atoms with E-state index in [1.54, 1.807) is 13.8 Å². The van der Waals surface area contributed by atoms with Gasteiger partial charge < -0.3 is 24.1 Å². The summed E-state index contributed by atoms with van der Waals surface area (Å²) < 4.78 is 62.2. The van der Waals surface area contributed by atoms with Crippen molar-refractivity contribution in [1.29, 1.82) is 0 Å². The molecule has 2 atom stereocenters. The highest BCUT2D eigenvalue weighted by Gasteiger charge is 2.13. The van der Waals surface area contributed by atoms with E-state index in [0.29, 0.717) is 0 Å². The van der Waals surface area contributed by atoms with Crippen LogP contribution in [-0.2, 0) is 51.9 Å². The van der Waals surface area contributed by atoms with E-state index >= 15 is 0 Å². The second-order valence-electron chi connectivity index (χ2n) is 5.34. The van der Waals surface area contributed by atoms with Gasteiger partial charge in [-0.1, -0.05) is 0 Å². The number of hydrogen-bond acceptors (Lipinski definition) is 12. The number of carbonyl (C=O) groups excluding carboxylic acids is 2. The maximum atomic E-state index is 10.8. The molecule has 176 valence electrons. The van der Waals surface area contributed by atoms with E-state index in [-0.39, 0.29) is 38.7 Å². The van der Waals surface area contributed by atoms with E-state index in [1.165, 1.54) is 14.2 Å². The maximum absolute atomic E-state index is 10.8. The molecule has 0 aromatic carbocycles. The van der Waals surface area contributed by atoms with Gasteiger partial charge >= 0.3 is 11.9 Å². The molecule has 0 aliphatic carbocycles. The molecule has 0 saturated carbocycles. The molecule has 15 heteroatoms. The number of aliphatic hydroxyl groups is 1. The van der Waals surface area contributed by atoms with E-state index in [2.05, 4.69) is 29.1 Å². The lowest BCUT2D eigenvalue weighted by molar-refractivity contribution is -0.148. The van der Waals surface area contributed by atoms with Crippen LogP contribution in [0.4, 0.5) is 0 Å². The molecule has 0 rings (SSSR count). The summed E-state index contributed by atoms with van der Waals surface area (Å²) in [5.74, 6) is -1.49.